The van der Waals surface area contributed by atoms with Gasteiger partial charge in [-0.2, -0.15) is 0 Å². The van der Waals surface area contributed by atoms with Crippen LogP contribution in [0, 0.1) is 5.92 Å². The summed E-state index contributed by atoms with van der Waals surface area (Å²) in [5.41, 5.74) is 0. The van der Waals surface area contributed by atoms with Crippen molar-refractivity contribution in [1.29, 1.82) is 0 Å². The van der Waals surface area contributed by atoms with Crippen LogP contribution < -0.4 is 0 Å². The second-order valence-electron chi connectivity index (χ2n) is 4.90. The van der Waals surface area contributed by atoms with Crippen molar-refractivity contribution in [2.24, 2.45) is 5.92 Å². The highest BCUT2D eigenvalue weighted by Gasteiger charge is 2.13. The van der Waals surface area contributed by atoms with E-state index >= 15 is 0 Å². The van der Waals surface area contributed by atoms with Crippen LogP contribution in [0.1, 0.15) is 26.2 Å². The van der Waals surface area contributed by atoms with Crippen molar-refractivity contribution in [3.63, 3.8) is 0 Å². The molecule has 3 heteroatoms. The Balaban J connectivity index is 2.00. The van der Waals surface area contributed by atoms with Gasteiger partial charge in [0, 0.05) is 32.8 Å². The van der Waals surface area contributed by atoms with Gasteiger partial charge in [-0.3, -0.25) is 0 Å². The quantitative estimate of drug-likeness (QED) is 0.715. The van der Waals surface area contributed by atoms with E-state index in [4.69, 9.17) is 5.11 Å². The molecule has 0 aromatic carbocycles. The van der Waals surface area contributed by atoms with E-state index in [1.807, 2.05) is 0 Å². The van der Waals surface area contributed by atoms with Crippen LogP contribution in [0.25, 0.3) is 0 Å². The second-order valence-corrected chi connectivity index (χ2v) is 4.90. The lowest BCUT2D eigenvalue weighted by molar-refractivity contribution is 0.149. The van der Waals surface area contributed by atoms with Crippen molar-refractivity contribution < 1.29 is 5.11 Å². The van der Waals surface area contributed by atoms with Gasteiger partial charge in [0.2, 0.25) is 0 Å². The van der Waals surface area contributed by atoms with Crippen LogP contribution in [0.15, 0.2) is 0 Å². The van der Waals surface area contributed by atoms with E-state index in [1.165, 1.54) is 45.6 Å². The summed E-state index contributed by atoms with van der Waals surface area (Å²) in [7, 11) is 2.20. The Morgan fingerprint density at radius 3 is 2.40 bits per heavy atom. The molecule has 90 valence electrons. The van der Waals surface area contributed by atoms with Gasteiger partial charge in [0.25, 0.3) is 0 Å². The normalized spacial score (nSPS) is 21.8. The lowest BCUT2D eigenvalue weighted by Crippen LogP contribution is -2.44. The molecule has 0 amide bonds. The Hall–Kier alpha value is -0.120. The van der Waals surface area contributed by atoms with Crippen molar-refractivity contribution in [2.75, 3.05) is 46.4 Å². The van der Waals surface area contributed by atoms with Gasteiger partial charge in [0.05, 0.1) is 0 Å². The molecular weight excluding hydrogens is 188 g/mol. The zero-order chi connectivity index (χ0) is 11.1. The summed E-state index contributed by atoms with van der Waals surface area (Å²) in [4.78, 5) is 4.95. The molecule has 1 fully saturated rings. The number of aliphatic hydroxyl groups is 1. The zero-order valence-electron chi connectivity index (χ0n) is 10.3. The first kappa shape index (κ1) is 12.9. The van der Waals surface area contributed by atoms with E-state index in [2.05, 4.69) is 23.8 Å². The Morgan fingerprint density at radius 1 is 1.13 bits per heavy atom. The number of hydrogen-bond donors (Lipinski definition) is 1. The van der Waals surface area contributed by atoms with Gasteiger partial charge in [-0.05, 0) is 38.8 Å². The fourth-order valence-electron chi connectivity index (χ4n) is 2.10. The Bertz CT molecular complexity index is 156. The minimum absolute atomic E-state index is 0.343. The maximum Gasteiger partial charge on any atom is 0.0433 e. The van der Waals surface area contributed by atoms with Gasteiger partial charge in [-0.15, -0.1) is 0 Å². The summed E-state index contributed by atoms with van der Waals surface area (Å²) in [6.45, 7) is 8.70. The minimum atomic E-state index is 0.343. The van der Waals surface area contributed by atoms with Crippen molar-refractivity contribution in [3.05, 3.63) is 0 Å². The Labute approximate surface area is 94.1 Å². The van der Waals surface area contributed by atoms with Crippen molar-refractivity contribution in [3.8, 4) is 0 Å². The van der Waals surface area contributed by atoms with E-state index in [-0.39, 0.29) is 0 Å². The summed E-state index contributed by atoms with van der Waals surface area (Å²) in [5.74, 6) is 0.683. The molecule has 0 bridgehead atoms. The van der Waals surface area contributed by atoms with Gasteiger partial charge in [-0.1, -0.05) is 6.92 Å². The van der Waals surface area contributed by atoms with Crippen molar-refractivity contribution in [2.45, 2.75) is 26.2 Å². The van der Waals surface area contributed by atoms with Crippen molar-refractivity contribution >= 4 is 0 Å². The number of hydrogen-bond acceptors (Lipinski definition) is 3. The molecule has 3 nitrogen and oxygen atoms in total. The molecule has 0 aliphatic carbocycles. The summed E-state index contributed by atoms with van der Waals surface area (Å²) in [5, 5.41) is 8.80. The average Bonchev–Trinajstić information content (AvgIpc) is 2.21. The third-order valence-electron chi connectivity index (χ3n) is 3.39. The molecule has 1 saturated heterocycles. The highest BCUT2D eigenvalue weighted by Crippen LogP contribution is 2.10. The number of piperazine rings is 1. The Morgan fingerprint density at radius 2 is 1.80 bits per heavy atom. The maximum atomic E-state index is 8.80. The molecular formula is C12H26N2O. The third kappa shape index (κ3) is 5.50. The highest BCUT2D eigenvalue weighted by atomic mass is 16.3. The first-order valence-corrected chi connectivity index (χ1v) is 6.24. The average molecular weight is 214 g/mol. The van der Waals surface area contributed by atoms with Gasteiger partial charge < -0.3 is 14.9 Å². The topological polar surface area (TPSA) is 26.7 Å². The van der Waals surface area contributed by atoms with E-state index in [0.717, 1.165) is 6.42 Å². The second kappa shape index (κ2) is 7.20. The summed E-state index contributed by atoms with van der Waals surface area (Å²) in [6, 6.07) is 0. The molecule has 1 heterocycles. The van der Waals surface area contributed by atoms with Crippen LogP contribution in [0.5, 0.6) is 0 Å². The van der Waals surface area contributed by atoms with Gasteiger partial charge in [0.1, 0.15) is 0 Å². The number of likely N-dealkylation sites (N-methyl/N-ethyl adjacent to an activating group) is 1. The summed E-state index contributed by atoms with van der Waals surface area (Å²) >= 11 is 0. The number of rotatable bonds is 6. The molecule has 15 heavy (non-hydrogen) atoms. The molecule has 0 aromatic heterocycles. The predicted octanol–water partition coefficient (Wildman–Crippen LogP) is 1.03. The SMILES string of the molecule is CC(CCO)CCCN1CCN(C)CC1. The number of nitrogens with zero attached hydrogens (tertiary/aromatic N) is 2. The summed E-state index contributed by atoms with van der Waals surface area (Å²) in [6.07, 6.45) is 3.50. The fraction of sp³-hybridized carbons (Fsp3) is 1.00. The maximum absolute atomic E-state index is 8.80. The lowest BCUT2D eigenvalue weighted by atomic mass is 10.0. The molecule has 0 spiro atoms. The van der Waals surface area contributed by atoms with Gasteiger partial charge >= 0.3 is 0 Å². The van der Waals surface area contributed by atoms with Gasteiger partial charge in [0.15, 0.2) is 0 Å². The predicted molar refractivity (Wildman–Crippen MR) is 64.0 cm³/mol. The Kier molecular flexibility index (Phi) is 6.22. The van der Waals surface area contributed by atoms with E-state index in [9.17, 15) is 0 Å². The molecule has 1 unspecified atom stereocenters. The smallest absolute Gasteiger partial charge is 0.0433 e. The third-order valence-corrected chi connectivity index (χ3v) is 3.39. The monoisotopic (exact) mass is 214 g/mol. The van der Waals surface area contributed by atoms with Crippen LogP contribution >= 0.6 is 0 Å². The molecule has 0 saturated carbocycles. The highest BCUT2D eigenvalue weighted by molar-refractivity contribution is 4.69. The van der Waals surface area contributed by atoms with Crippen LogP contribution in [0.2, 0.25) is 0 Å². The molecule has 0 aromatic rings. The van der Waals surface area contributed by atoms with Gasteiger partial charge in [-0.25, -0.2) is 0 Å². The molecule has 1 N–H and O–H groups in total. The first-order chi connectivity index (χ1) is 7.22. The van der Waals surface area contributed by atoms with Crippen molar-refractivity contribution in [1.82, 2.24) is 9.80 Å². The number of aliphatic hydroxyl groups excluding tert-OH is 1. The van der Waals surface area contributed by atoms with Crippen LogP contribution in [0.4, 0.5) is 0 Å². The summed E-state index contributed by atoms with van der Waals surface area (Å²) < 4.78 is 0. The molecule has 1 rings (SSSR count). The lowest BCUT2D eigenvalue weighted by Gasteiger charge is -2.32. The molecule has 1 aliphatic rings. The van der Waals surface area contributed by atoms with Crippen LogP contribution in [-0.4, -0.2) is 61.3 Å². The standard InChI is InChI=1S/C12H26N2O/c1-12(5-11-15)4-3-6-14-9-7-13(2)8-10-14/h12,15H,3-11H2,1-2H3. The molecule has 1 atom stereocenters. The first-order valence-electron chi connectivity index (χ1n) is 6.24. The van der Waals surface area contributed by atoms with E-state index in [0.29, 0.717) is 12.5 Å². The zero-order valence-corrected chi connectivity index (χ0v) is 10.3. The molecule has 1 aliphatic heterocycles. The van der Waals surface area contributed by atoms with E-state index in [1.54, 1.807) is 0 Å². The van der Waals surface area contributed by atoms with Crippen LogP contribution in [-0.2, 0) is 0 Å². The largest absolute Gasteiger partial charge is 0.396 e. The molecule has 0 radical (unpaired) electrons. The minimum Gasteiger partial charge on any atom is -0.396 e. The fourth-order valence-corrected chi connectivity index (χ4v) is 2.10. The van der Waals surface area contributed by atoms with Crippen LogP contribution in [0.3, 0.4) is 0 Å². The van der Waals surface area contributed by atoms with E-state index < -0.39 is 0 Å².